The number of Topliss-reactive ketones (excluding diaryl/α,β-unsaturated/α-hetero) is 1. The molecule has 1 N–H and O–H groups in total. The number of benzene rings is 2. The fraction of sp³-hybridized carbons (Fsp3) is 0.118. The second-order valence-corrected chi connectivity index (χ2v) is 4.75. The quantitative estimate of drug-likeness (QED) is 0.785. The van der Waals surface area contributed by atoms with E-state index < -0.39 is 0 Å². The van der Waals surface area contributed by atoms with Crippen LogP contribution in [-0.2, 0) is 6.42 Å². The zero-order chi connectivity index (χ0) is 13.2. The molecule has 2 aromatic rings. The van der Waals surface area contributed by atoms with Gasteiger partial charge in [-0.05, 0) is 42.2 Å². The van der Waals surface area contributed by atoms with Gasteiger partial charge >= 0.3 is 0 Å². The molecule has 2 aromatic carbocycles. The highest BCUT2D eigenvalue weighted by atomic mass is 16.3. The van der Waals surface area contributed by atoms with Crippen molar-refractivity contribution in [2.24, 2.45) is 0 Å². The van der Waals surface area contributed by atoms with Crippen LogP contribution in [-0.4, -0.2) is 10.9 Å². The maximum absolute atomic E-state index is 12.4. The number of fused-ring (bicyclic) bond motifs is 1. The molecule has 0 atom stereocenters. The lowest BCUT2D eigenvalue weighted by Gasteiger charge is -2.17. The molecule has 1 aliphatic carbocycles. The molecule has 1 aliphatic rings. The van der Waals surface area contributed by atoms with Crippen molar-refractivity contribution < 1.29 is 9.90 Å². The van der Waals surface area contributed by atoms with Crippen LogP contribution in [0.1, 0.15) is 27.9 Å². The van der Waals surface area contributed by atoms with Crippen molar-refractivity contribution in [3.05, 3.63) is 70.8 Å². The van der Waals surface area contributed by atoms with Crippen molar-refractivity contribution in [1.29, 1.82) is 0 Å². The Morgan fingerprint density at radius 3 is 2.68 bits per heavy atom. The van der Waals surface area contributed by atoms with Crippen LogP contribution in [0.25, 0.3) is 6.08 Å². The van der Waals surface area contributed by atoms with Crippen LogP contribution in [0.4, 0.5) is 0 Å². The fourth-order valence-electron chi connectivity index (χ4n) is 2.47. The van der Waals surface area contributed by atoms with Crippen LogP contribution in [0.2, 0.25) is 0 Å². The zero-order valence-electron chi connectivity index (χ0n) is 10.5. The van der Waals surface area contributed by atoms with Crippen molar-refractivity contribution in [3.63, 3.8) is 0 Å². The second-order valence-electron chi connectivity index (χ2n) is 4.75. The Kier molecular flexibility index (Phi) is 2.92. The van der Waals surface area contributed by atoms with E-state index in [2.05, 4.69) is 0 Å². The summed E-state index contributed by atoms with van der Waals surface area (Å²) in [6.45, 7) is 0. The molecule has 0 heterocycles. The van der Waals surface area contributed by atoms with E-state index in [4.69, 9.17) is 0 Å². The Balaban J connectivity index is 1.98. The molecule has 19 heavy (non-hydrogen) atoms. The van der Waals surface area contributed by atoms with Gasteiger partial charge in [-0.3, -0.25) is 4.79 Å². The first-order valence-corrected chi connectivity index (χ1v) is 6.36. The van der Waals surface area contributed by atoms with E-state index in [1.165, 1.54) is 0 Å². The number of rotatable bonds is 1. The van der Waals surface area contributed by atoms with Crippen molar-refractivity contribution >= 4 is 11.9 Å². The largest absolute Gasteiger partial charge is 0.508 e. The average molecular weight is 250 g/mol. The summed E-state index contributed by atoms with van der Waals surface area (Å²) < 4.78 is 0. The van der Waals surface area contributed by atoms with Gasteiger partial charge in [0.15, 0.2) is 5.78 Å². The monoisotopic (exact) mass is 250 g/mol. The number of hydrogen-bond donors (Lipinski definition) is 1. The molecular formula is C17H14O2. The first kappa shape index (κ1) is 11.7. The third kappa shape index (κ3) is 2.29. The second kappa shape index (κ2) is 4.73. The highest BCUT2D eigenvalue weighted by Gasteiger charge is 2.20. The van der Waals surface area contributed by atoms with Crippen molar-refractivity contribution in [1.82, 2.24) is 0 Å². The number of allylic oxidation sites excluding steroid dienone is 1. The maximum Gasteiger partial charge on any atom is 0.189 e. The summed E-state index contributed by atoms with van der Waals surface area (Å²) in [6, 6.07) is 14.7. The summed E-state index contributed by atoms with van der Waals surface area (Å²) >= 11 is 0. The predicted molar refractivity (Wildman–Crippen MR) is 75.2 cm³/mol. The fourth-order valence-corrected chi connectivity index (χ4v) is 2.47. The summed E-state index contributed by atoms with van der Waals surface area (Å²) in [7, 11) is 0. The van der Waals surface area contributed by atoms with Crippen LogP contribution < -0.4 is 0 Å². The van der Waals surface area contributed by atoms with Gasteiger partial charge < -0.3 is 5.11 Å². The smallest absolute Gasteiger partial charge is 0.189 e. The summed E-state index contributed by atoms with van der Waals surface area (Å²) in [5, 5.41) is 9.45. The van der Waals surface area contributed by atoms with Crippen LogP contribution in [0, 0.1) is 0 Å². The van der Waals surface area contributed by atoms with Gasteiger partial charge in [-0.25, -0.2) is 0 Å². The minimum atomic E-state index is 0.102. The lowest BCUT2D eigenvalue weighted by molar-refractivity contribution is 0.102. The van der Waals surface area contributed by atoms with E-state index in [1.54, 1.807) is 18.2 Å². The van der Waals surface area contributed by atoms with Crippen molar-refractivity contribution in [2.75, 3.05) is 0 Å². The molecule has 0 radical (unpaired) electrons. The Hall–Kier alpha value is -2.35. The average Bonchev–Trinajstić information content (AvgIpc) is 2.42. The standard InChI is InChI=1S/C17H14O2/c18-15-6-3-4-12(11-15)10-14-9-8-13-5-1-2-7-16(13)17(14)19/h1-7,10-11,18H,8-9H2/b14-10+. The van der Waals surface area contributed by atoms with E-state index in [-0.39, 0.29) is 11.5 Å². The Morgan fingerprint density at radius 1 is 1.00 bits per heavy atom. The molecule has 0 spiro atoms. The van der Waals surface area contributed by atoms with E-state index >= 15 is 0 Å². The number of ketones is 1. The summed E-state index contributed by atoms with van der Waals surface area (Å²) in [6.07, 6.45) is 3.52. The Bertz CT molecular complexity index is 668. The highest BCUT2D eigenvalue weighted by Crippen LogP contribution is 2.26. The van der Waals surface area contributed by atoms with Crippen LogP contribution >= 0.6 is 0 Å². The lowest BCUT2D eigenvalue weighted by Crippen LogP contribution is -2.13. The number of hydrogen-bond acceptors (Lipinski definition) is 2. The summed E-state index contributed by atoms with van der Waals surface area (Å²) in [4.78, 5) is 12.4. The number of phenols is 1. The number of carbonyl (C=O) groups is 1. The highest BCUT2D eigenvalue weighted by molar-refractivity contribution is 6.13. The number of carbonyl (C=O) groups excluding carboxylic acids is 1. The van der Waals surface area contributed by atoms with E-state index in [0.29, 0.717) is 0 Å². The normalized spacial score (nSPS) is 16.4. The number of phenolic OH excluding ortho intramolecular Hbond substituents is 1. The first-order chi connectivity index (χ1) is 9.24. The van der Waals surface area contributed by atoms with E-state index in [1.807, 2.05) is 36.4 Å². The van der Waals surface area contributed by atoms with Gasteiger partial charge in [0, 0.05) is 11.1 Å². The molecular weight excluding hydrogens is 236 g/mol. The molecule has 0 aromatic heterocycles. The predicted octanol–water partition coefficient (Wildman–Crippen LogP) is 3.60. The molecule has 3 rings (SSSR count). The van der Waals surface area contributed by atoms with Crippen molar-refractivity contribution in [2.45, 2.75) is 12.8 Å². The lowest BCUT2D eigenvalue weighted by atomic mass is 9.86. The van der Waals surface area contributed by atoms with Gasteiger partial charge in [-0.2, -0.15) is 0 Å². The van der Waals surface area contributed by atoms with Gasteiger partial charge in [0.1, 0.15) is 5.75 Å². The third-order valence-electron chi connectivity index (χ3n) is 3.43. The van der Waals surface area contributed by atoms with Crippen LogP contribution in [0.15, 0.2) is 54.1 Å². The first-order valence-electron chi connectivity index (χ1n) is 6.36. The maximum atomic E-state index is 12.4. The van der Waals surface area contributed by atoms with E-state index in [0.717, 1.165) is 35.1 Å². The van der Waals surface area contributed by atoms with E-state index in [9.17, 15) is 9.90 Å². The Morgan fingerprint density at radius 2 is 1.84 bits per heavy atom. The minimum Gasteiger partial charge on any atom is -0.508 e. The number of aromatic hydroxyl groups is 1. The molecule has 0 amide bonds. The molecule has 0 saturated carbocycles. The van der Waals surface area contributed by atoms with Gasteiger partial charge in [-0.1, -0.05) is 36.4 Å². The molecule has 0 aliphatic heterocycles. The van der Waals surface area contributed by atoms with Crippen LogP contribution in [0.3, 0.4) is 0 Å². The molecule has 0 fully saturated rings. The summed E-state index contributed by atoms with van der Waals surface area (Å²) in [5.41, 5.74) is 3.60. The molecule has 94 valence electrons. The van der Waals surface area contributed by atoms with Gasteiger partial charge in [0.25, 0.3) is 0 Å². The van der Waals surface area contributed by atoms with Crippen molar-refractivity contribution in [3.8, 4) is 5.75 Å². The molecule has 2 nitrogen and oxygen atoms in total. The van der Waals surface area contributed by atoms with Gasteiger partial charge in [0.2, 0.25) is 0 Å². The molecule has 0 bridgehead atoms. The molecule has 0 saturated heterocycles. The topological polar surface area (TPSA) is 37.3 Å². The SMILES string of the molecule is O=C1/C(=C/c2cccc(O)c2)CCc2ccccc21. The number of aryl methyl sites for hydroxylation is 1. The molecule has 0 unspecified atom stereocenters. The van der Waals surface area contributed by atoms with Crippen LogP contribution in [0.5, 0.6) is 5.75 Å². The minimum absolute atomic E-state index is 0.102. The third-order valence-corrected chi connectivity index (χ3v) is 3.43. The Labute approximate surface area is 112 Å². The summed E-state index contributed by atoms with van der Waals surface area (Å²) in [5.74, 6) is 0.322. The van der Waals surface area contributed by atoms with Gasteiger partial charge in [-0.15, -0.1) is 0 Å². The zero-order valence-corrected chi connectivity index (χ0v) is 10.5. The molecule has 2 heteroatoms. The van der Waals surface area contributed by atoms with Gasteiger partial charge in [0.05, 0.1) is 0 Å².